The molecular weight excluding hydrogens is 405 g/mol. The molecule has 0 aromatic heterocycles. The normalized spacial score (nSPS) is 16.5. The summed E-state index contributed by atoms with van der Waals surface area (Å²) in [5.74, 6) is 0.631. The molecule has 0 unspecified atom stereocenters. The van der Waals surface area contributed by atoms with Gasteiger partial charge in [-0.05, 0) is 0 Å². The van der Waals surface area contributed by atoms with Gasteiger partial charge in [-0.3, -0.25) is 0 Å². The zero-order valence-corrected chi connectivity index (χ0v) is 19.5. The molecule has 1 saturated heterocycles. The van der Waals surface area contributed by atoms with Gasteiger partial charge in [0.2, 0.25) is 0 Å². The molecule has 31 heavy (non-hydrogen) atoms. The Kier molecular flexibility index (Phi) is 6.18. The Morgan fingerprint density at radius 1 is 0.677 bits per heavy atom. The molecule has 3 aromatic rings. The molecule has 0 amide bonds. The summed E-state index contributed by atoms with van der Waals surface area (Å²) in [6, 6.07) is 23.6. The summed E-state index contributed by atoms with van der Waals surface area (Å²) in [7, 11) is -4.59. The molecule has 3 aromatic carbocycles. The van der Waals surface area contributed by atoms with Crippen molar-refractivity contribution in [3.05, 3.63) is 89.5 Å². The molecule has 1 aliphatic rings. The molecule has 1 fully saturated rings. The monoisotopic (exact) mass is 437 g/mol. The van der Waals surface area contributed by atoms with Crippen molar-refractivity contribution in [3.8, 4) is 5.75 Å². The van der Waals surface area contributed by atoms with Crippen LogP contribution in [0.2, 0.25) is 0 Å². The first kappa shape index (κ1) is 22.0. The number of aryl methyl sites for hydroxylation is 3. The third-order valence-electron chi connectivity index (χ3n) is 6.02. The van der Waals surface area contributed by atoms with Crippen molar-refractivity contribution >= 4 is 17.9 Å². The Morgan fingerprint density at radius 3 is 1.68 bits per heavy atom. The van der Waals surface area contributed by atoms with Gasteiger partial charge in [0.15, 0.2) is 0 Å². The van der Waals surface area contributed by atoms with E-state index in [4.69, 9.17) is 9.15 Å². The van der Waals surface area contributed by atoms with Gasteiger partial charge >= 0.3 is 185 Å². The Balaban J connectivity index is 2.01. The fourth-order valence-corrected chi connectivity index (χ4v) is 8.26. The third-order valence-corrected chi connectivity index (χ3v) is 9.80. The summed E-state index contributed by atoms with van der Waals surface area (Å²) in [5, 5.41) is 3.33. The Labute approximate surface area is 185 Å². The van der Waals surface area contributed by atoms with Crippen LogP contribution in [-0.2, 0) is 4.62 Å². The van der Waals surface area contributed by atoms with E-state index in [0.29, 0.717) is 16.4 Å². The van der Waals surface area contributed by atoms with Gasteiger partial charge in [-0.15, -0.1) is 0 Å². The summed E-state index contributed by atoms with van der Waals surface area (Å²) in [5.41, 5.74) is 2.84. The second-order valence-corrected chi connectivity index (χ2v) is 11.6. The minimum atomic E-state index is -4.59. The molecule has 4 nitrogen and oxygen atoms in total. The van der Waals surface area contributed by atoms with E-state index in [-0.39, 0.29) is 0 Å². The van der Waals surface area contributed by atoms with Crippen LogP contribution in [0.25, 0.3) is 0 Å². The first-order valence-corrected chi connectivity index (χ1v) is 13.0. The van der Waals surface area contributed by atoms with Crippen LogP contribution >= 0.6 is 7.28 Å². The minimum absolute atomic E-state index is 0.631. The molecular formula is C26H32NO3P. The number of para-hydroxylation sites is 1. The maximum absolute atomic E-state index is 13.1. The van der Waals surface area contributed by atoms with E-state index in [1.54, 1.807) is 0 Å². The molecule has 4 rings (SSSR count). The van der Waals surface area contributed by atoms with Crippen molar-refractivity contribution < 1.29 is 14.0 Å². The van der Waals surface area contributed by atoms with Gasteiger partial charge in [0.1, 0.15) is 0 Å². The molecule has 1 aliphatic heterocycles. The summed E-state index contributed by atoms with van der Waals surface area (Å²) in [4.78, 5) is 13.1. The van der Waals surface area contributed by atoms with Gasteiger partial charge in [-0.25, -0.2) is 0 Å². The molecule has 0 saturated carbocycles. The number of hydrogen-bond acceptors (Lipinski definition) is 4. The van der Waals surface area contributed by atoms with E-state index < -0.39 is 7.28 Å². The first-order chi connectivity index (χ1) is 14.9. The first-order valence-electron chi connectivity index (χ1n) is 11.0. The zero-order valence-electron chi connectivity index (χ0n) is 18.6. The summed E-state index contributed by atoms with van der Waals surface area (Å²) in [6.45, 7) is 7.55. The predicted octanol–water partition coefficient (Wildman–Crippen LogP) is 5.35. The van der Waals surface area contributed by atoms with Gasteiger partial charge in [-0.1, -0.05) is 0 Å². The van der Waals surface area contributed by atoms with E-state index in [1.807, 2.05) is 98.6 Å². The maximum atomic E-state index is 13.1. The number of hydroxylamine groups is 2. The predicted molar refractivity (Wildman–Crippen MR) is 129 cm³/mol. The van der Waals surface area contributed by atoms with Crippen molar-refractivity contribution in [2.45, 2.75) is 40.0 Å². The number of benzene rings is 3. The van der Waals surface area contributed by atoms with Crippen molar-refractivity contribution in [2.24, 2.45) is 0 Å². The van der Waals surface area contributed by atoms with Gasteiger partial charge in [0.25, 0.3) is 0 Å². The van der Waals surface area contributed by atoms with Crippen molar-refractivity contribution in [1.82, 2.24) is 5.06 Å². The molecule has 5 heteroatoms. The van der Waals surface area contributed by atoms with E-state index in [2.05, 4.69) is 0 Å². The molecule has 0 aliphatic carbocycles. The number of hydrogen-bond donors (Lipinski definition) is 1. The van der Waals surface area contributed by atoms with Crippen LogP contribution in [0.1, 0.15) is 36.0 Å². The third kappa shape index (κ3) is 4.14. The van der Waals surface area contributed by atoms with Gasteiger partial charge in [-0.2, -0.15) is 0 Å². The van der Waals surface area contributed by atoms with Crippen molar-refractivity contribution in [2.75, 3.05) is 13.1 Å². The Hall–Kier alpha value is -2.23. The molecule has 1 N–H and O–H groups in total. The Morgan fingerprint density at radius 2 is 1.16 bits per heavy atom. The van der Waals surface area contributed by atoms with Crippen molar-refractivity contribution in [3.63, 3.8) is 0 Å². The zero-order chi connectivity index (χ0) is 21.9. The van der Waals surface area contributed by atoms with Crippen LogP contribution in [0.5, 0.6) is 5.75 Å². The van der Waals surface area contributed by atoms with Crippen LogP contribution in [0.3, 0.4) is 0 Å². The number of piperidine rings is 1. The average molecular weight is 438 g/mol. The van der Waals surface area contributed by atoms with Crippen LogP contribution in [0.4, 0.5) is 0 Å². The van der Waals surface area contributed by atoms with Crippen molar-refractivity contribution in [1.29, 1.82) is 0 Å². The van der Waals surface area contributed by atoms with Crippen LogP contribution in [0.15, 0.2) is 72.8 Å². The average Bonchev–Trinajstić information content (AvgIpc) is 2.77. The molecule has 0 atom stereocenters. The fourth-order valence-electron chi connectivity index (χ4n) is 4.35. The van der Waals surface area contributed by atoms with Crippen LogP contribution < -0.4 is 15.1 Å². The standard InChI is InChI=1S/C26H32NO3P/c1-21-13-5-8-16-24(21)29-31(28,25-17-9-6-14-22(25)2,26-18-10-7-15-23(26)3)30-27-19-11-4-12-20-27/h5-10,13-18,28H,4,11-12,19-20H2,1-3H3. The van der Waals surface area contributed by atoms with E-state index >= 15 is 0 Å². The van der Waals surface area contributed by atoms with Gasteiger partial charge in [0, 0.05) is 0 Å². The molecule has 0 spiro atoms. The van der Waals surface area contributed by atoms with Gasteiger partial charge in [0.05, 0.1) is 0 Å². The van der Waals surface area contributed by atoms with Crippen LogP contribution in [-0.4, -0.2) is 23.0 Å². The quantitative estimate of drug-likeness (QED) is 0.528. The Bertz CT molecular complexity index is 1020. The van der Waals surface area contributed by atoms with Crippen LogP contribution in [0, 0.1) is 20.8 Å². The fraction of sp³-hybridized carbons (Fsp3) is 0.308. The van der Waals surface area contributed by atoms with Gasteiger partial charge < -0.3 is 0 Å². The second kappa shape index (κ2) is 8.72. The second-order valence-electron chi connectivity index (χ2n) is 8.42. The van der Waals surface area contributed by atoms with E-state index in [9.17, 15) is 4.89 Å². The summed E-state index contributed by atoms with van der Waals surface area (Å²) in [6.07, 6.45) is 3.26. The number of nitrogens with zero attached hydrogens (tertiary/aromatic N) is 1. The topological polar surface area (TPSA) is 41.9 Å². The van der Waals surface area contributed by atoms with E-state index in [1.165, 1.54) is 6.42 Å². The summed E-state index contributed by atoms with van der Waals surface area (Å²) >= 11 is 0. The SMILES string of the molecule is Cc1ccccc1OP(O)(ON1CCCCC1)(c1ccccc1C)c1ccccc1C. The molecule has 164 valence electrons. The van der Waals surface area contributed by atoms with E-state index in [0.717, 1.165) is 42.6 Å². The molecule has 0 radical (unpaired) electrons. The number of rotatable bonds is 6. The molecule has 1 heterocycles. The molecule has 0 bridgehead atoms. The summed E-state index contributed by atoms with van der Waals surface area (Å²) < 4.78 is 13.5.